The van der Waals surface area contributed by atoms with Crippen molar-refractivity contribution in [3.05, 3.63) is 29.6 Å². The Balaban J connectivity index is 3.03. The van der Waals surface area contributed by atoms with Gasteiger partial charge in [0.2, 0.25) is 0 Å². The molecular formula is C8H8N2O. The van der Waals surface area contributed by atoms with Gasteiger partial charge in [-0.15, -0.1) is 0 Å². The SMILES string of the molecule is C[C@@H](O)c1cc(C#N)ccn1. The van der Waals surface area contributed by atoms with E-state index in [9.17, 15) is 0 Å². The highest BCUT2D eigenvalue weighted by molar-refractivity contribution is 5.29. The lowest BCUT2D eigenvalue weighted by atomic mass is 10.2. The van der Waals surface area contributed by atoms with Crippen molar-refractivity contribution >= 4 is 0 Å². The third-order valence-corrected chi connectivity index (χ3v) is 1.34. The minimum absolute atomic E-state index is 0.524. The maximum Gasteiger partial charge on any atom is 0.0992 e. The highest BCUT2D eigenvalue weighted by atomic mass is 16.3. The standard InChI is InChI=1S/C8H8N2O/c1-6(11)8-4-7(5-9)2-3-10-8/h2-4,6,11H,1H3/t6-/m1/s1. The van der Waals surface area contributed by atoms with Gasteiger partial charge in [-0.3, -0.25) is 4.98 Å². The number of aliphatic hydroxyl groups is 1. The summed E-state index contributed by atoms with van der Waals surface area (Å²) < 4.78 is 0. The van der Waals surface area contributed by atoms with Crippen LogP contribution in [0.5, 0.6) is 0 Å². The number of nitriles is 1. The molecule has 1 aromatic heterocycles. The highest BCUT2D eigenvalue weighted by Crippen LogP contribution is 2.08. The molecule has 0 aliphatic carbocycles. The van der Waals surface area contributed by atoms with E-state index in [0.29, 0.717) is 11.3 Å². The molecule has 1 atom stereocenters. The Bertz CT molecular complexity index is 288. The van der Waals surface area contributed by atoms with Gasteiger partial charge in [-0.2, -0.15) is 5.26 Å². The Labute approximate surface area is 64.9 Å². The molecule has 1 heterocycles. The molecule has 0 aromatic carbocycles. The molecule has 0 aliphatic heterocycles. The maximum atomic E-state index is 9.07. The first-order valence-electron chi connectivity index (χ1n) is 3.28. The highest BCUT2D eigenvalue weighted by Gasteiger charge is 2.01. The molecule has 0 fully saturated rings. The molecule has 56 valence electrons. The van der Waals surface area contributed by atoms with Crippen LogP contribution in [0, 0.1) is 11.3 Å². The van der Waals surface area contributed by atoms with Gasteiger partial charge in [-0.25, -0.2) is 0 Å². The number of nitrogens with zero attached hydrogens (tertiary/aromatic N) is 2. The smallest absolute Gasteiger partial charge is 0.0992 e. The lowest BCUT2D eigenvalue weighted by molar-refractivity contribution is 0.194. The summed E-state index contributed by atoms with van der Waals surface area (Å²) in [5, 5.41) is 17.6. The van der Waals surface area contributed by atoms with E-state index in [2.05, 4.69) is 4.98 Å². The lowest BCUT2D eigenvalue weighted by Crippen LogP contribution is -1.94. The Morgan fingerprint density at radius 1 is 1.73 bits per heavy atom. The monoisotopic (exact) mass is 148 g/mol. The van der Waals surface area contributed by atoms with Crippen molar-refractivity contribution < 1.29 is 5.11 Å². The third kappa shape index (κ3) is 1.76. The molecule has 3 nitrogen and oxygen atoms in total. The summed E-state index contributed by atoms with van der Waals surface area (Å²) in [5.41, 5.74) is 1.06. The summed E-state index contributed by atoms with van der Waals surface area (Å²) in [6.07, 6.45) is 0.906. The largest absolute Gasteiger partial charge is 0.387 e. The van der Waals surface area contributed by atoms with Crippen molar-refractivity contribution in [1.82, 2.24) is 4.98 Å². The van der Waals surface area contributed by atoms with Crippen LogP contribution in [-0.2, 0) is 0 Å². The first-order valence-corrected chi connectivity index (χ1v) is 3.28. The minimum atomic E-state index is -0.608. The first-order chi connectivity index (χ1) is 5.24. The second-order valence-electron chi connectivity index (χ2n) is 2.26. The van der Waals surface area contributed by atoms with E-state index in [1.165, 1.54) is 6.20 Å². The lowest BCUT2D eigenvalue weighted by Gasteiger charge is -2.01. The van der Waals surface area contributed by atoms with Crippen molar-refractivity contribution in [1.29, 1.82) is 5.26 Å². The summed E-state index contributed by atoms with van der Waals surface area (Å²) >= 11 is 0. The minimum Gasteiger partial charge on any atom is -0.387 e. The third-order valence-electron chi connectivity index (χ3n) is 1.34. The van der Waals surface area contributed by atoms with Crippen molar-refractivity contribution in [2.45, 2.75) is 13.0 Å². The average Bonchev–Trinajstić information content (AvgIpc) is 2.05. The van der Waals surface area contributed by atoms with Crippen LogP contribution in [0.25, 0.3) is 0 Å². The number of hydrogen-bond acceptors (Lipinski definition) is 3. The van der Waals surface area contributed by atoms with Gasteiger partial charge in [0, 0.05) is 6.20 Å². The molecular weight excluding hydrogens is 140 g/mol. The Morgan fingerprint density at radius 2 is 2.45 bits per heavy atom. The van der Waals surface area contributed by atoms with E-state index < -0.39 is 6.10 Å². The fourth-order valence-electron chi connectivity index (χ4n) is 0.746. The predicted molar refractivity (Wildman–Crippen MR) is 39.6 cm³/mol. The van der Waals surface area contributed by atoms with Crippen molar-refractivity contribution in [2.24, 2.45) is 0 Å². The zero-order valence-electron chi connectivity index (χ0n) is 6.15. The molecule has 0 saturated heterocycles. The molecule has 0 bridgehead atoms. The van der Waals surface area contributed by atoms with Crippen LogP contribution in [-0.4, -0.2) is 10.1 Å². The Morgan fingerprint density at radius 3 is 3.00 bits per heavy atom. The molecule has 0 aliphatic rings. The second-order valence-corrected chi connectivity index (χ2v) is 2.26. The number of hydrogen-bond donors (Lipinski definition) is 1. The van der Waals surface area contributed by atoms with Crippen molar-refractivity contribution in [3.8, 4) is 6.07 Å². The molecule has 1 aromatic rings. The van der Waals surface area contributed by atoms with E-state index >= 15 is 0 Å². The predicted octanol–water partition coefficient (Wildman–Crippen LogP) is 1.01. The van der Waals surface area contributed by atoms with Gasteiger partial charge >= 0.3 is 0 Å². The number of aliphatic hydroxyl groups excluding tert-OH is 1. The van der Waals surface area contributed by atoms with Gasteiger partial charge in [0.1, 0.15) is 0 Å². The van der Waals surface area contributed by atoms with Crippen LogP contribution < -0.4 is 0 Å². The molecule has 0 spiro atoms. The van der Waals surface area contributed by atoms with Crippen LogP contribution in [0.15, 0.2) is 18.3 Å². The summed E-state index contributed by atoms with van der Waals surface area (Å²) in [4.78, 5) is 3.89. The number of rotatable bonds is 1. The van der Waals surface area contributed by atoms with Crippen LogP contribution in [0.3, 0.4) is 0 Å². The normalized spacial score (nSPS) is 12.1. The van der Waals surface area contributed by atoms with Gasteiger partial charge in [-0.05, 0) is 19.1 Å². The summed E-state index contributed by atoms with van der Waals surface area (Å²) in [6.45, 7) is 1.61. The number of pyridine rings is 1. The zero-order chi connectivity index (χ0) is 8.27. The molecule has 0 radical (unpaired) electrons. The molecule has 3 heteroatoms. The fourth-order valence-corrected chi connectivity index (χ4v) is 0.746. The van der Waals surface area contributed by atoms with E-state index in [4.69, 9.17) is 10.4 Å². The fraction of sp³-hybridized carbons (Fsp3) is 0.250. The molecule has 1 rings (SSSR count). The molecule has 0 saturated carbocycles. The summed E-state index contributed by atoms with van der Waals surface area (Å²) in [7, 11) is 0. The maximum absolute atomic E-state index is 9.07. The van der Waals surface area contributed by atoms with E-state index in [1.807, 2.05) is 6.07 Å². The van der Waals surface area contributed by atoms with Gasteiger partial charge in [0.15, 0.2) is 0 Å². The summed E-state index contributed by atoms with van der Waals surface area (Å²) in [5.74, 6) is 0. The quantitative estimate of drug-likeness (QED) is 0.646. The zero-order valence-corrected chi connectivity index (χ0v) is 6.15. The van der Waals surface area contributed by atoms with Gasteiger partial charge in [-0.1, -0.05) is 0 Å². The van der Waals surface area contributed by atoms with E-state index in [1.54, 1.807) is 19.1 Å². The van der Waals surface area contributed by atoms with Crippen LogP contribution in [0.4, 0.5) is 0 Å². The van der Waals surface area contributed by atoms with Crippen LogP contribution >= 0.6 is 0 Å². The van der Waals surface area contributed by atoms with Gasteiger partial charge in [0.05, 0.1) is 23.4 Å². The Kier molecular flexibility index (Phi) is 2.19. The first kappa shape index (κ1) is 7.70. The van der Waals surface area contributed by atoms with Crippen molar-refractivity contribution in [2.75, 3.05) is 0 Å². The number of aromatic nitrogens is 1. The Hall–Kier alpha value is -1.40. The molecule has 0 unspecified atom stereocenters. The van der Waals surface area contributed by atoms with Gasteiger partial charge < -0.3 is 5.11 Å². The average molecular weight is 148 g/mol. The van der Waals surface area contributed by atoms with Crippen molar-refractivity contribution in [3.63, 3.8) is 0 Å². The van der Waals surface area contributed by atoms with Gasteiger partial charge in [0.25, 0.3) is 0 Å². The van der Waals surface area contributed by atoms with Crippen LogP contribution in [0.2, 0.25) is 0 Å². The van der Waals surface area contributed by atoms with E-state index in [0.717, 1.165) is 0 Å². The molecule has 11 heavy (non-hydrogen) atoms. The molecule has 1 N–H and O–H groups in total. The van der Waals surface area contributed by atoms with Crippen LogP contribution in [0.1, 0.15) is 24.3 Å². The summed E-state index contributed by atoms with van der Waals surface area (Å²) in [6, 6.07) is 5.15. The topological polar surface area (TPSA) is 56.9 Å². The second kappa shape index (κ2) is 3.13. The van der Waals surface area contributed by atoms with E-state index in [-0.39, 0.29) is 0 Å². The molecule has 0 amide bonds.